The van der Waals surface area contributed by atoms with E-state index in [4.69, 9.17) is 4.98 Å². The van der Waals surface area contributed by atoms with Gasteiger partial charge in [-0.25, -0.2) is 0 Å². The van der Waals surface area contributed by atoms with Crippen molar-refractivity contribution in [2.75, 3.05) is 13.1 Å². The molecular weight excluding hydrogens is 472 g/mol. The molecule has 0 bridgehead atoms. The number of fused-ring (bicyclic) bond motifs is 3. The van der Waals surface area contributed by atoms with Crippen molar-refractivity contribution in [3.63, 3.8) is 0 Å². The maximum absolute atomic E-state index is 13.6. The van der Waals surface area contributed by atoms with Gasteiger partial charge in [0.2, 0.25) is 0 Å². The van der Waals surface area contributed by atoms with E-state index in [1.807, 2.05) is 23.1 Å². The average Bonchev–Trinajstić information content (AvgIpc) is 3.30. The number of nitriles is 1. The molecule has 0 unspecified atom stereocenters. The number of rotatable bonds is 5. The van der Waals surface area contributed by atoms with Gasteiger partial charge < -0.3 is 10.0 Å². The molecule has 2 atom stereocenters. The average molecular weight is 509 g/mol. The van der Waals surface area contributed by atoms with Crippen molar-refractivity contribution in [3.05, 3.63) is 76.6 Å². The fourth-order valence-corrected chi connectivity index (χ4v) is 6.82. The van der Waals surface area contributed by atoms with E-state index < -0.39 is 11.5 Å². The smallest absolute Gasteiger partial charge is 0.254 e. The molecule has 2 aromatic carbocycles. The fraction of sp³-hybridized carbons (Fsp3) is 0.469. The van der Waals surface area contributed by atoms with E-state index in [9.17, 15) is 15.2 Å². The standard InChI is InChI=1S/C32H36N4O2/c1-2-23-8-7-13-30(34-23)32(21-33)14-16-35(17-15-32)19-22-18-26-27(25-10-4-3-9-24(22)25)20-36(31(26)38)28-11-5-6-12-29(28)37/h3-4,7-10,13,18,28-29,37H,2,5-6,11-12,14-17,19-20H2,1H3/t28-,29-/m0/s1. The van der Waals surface area contributed by atoms with Gasteiger partial charge in [0.15, 0.2) is 0 Å². The summed E-state index contributed by atoms with van der Waals surface area (Å²) >= 11 is 0. The molecule has 2 aliphatic heterocycles. The van der Waals surface area contributed by atoms with Crippen LogP contribution in [0.4, 0.5) is 0 Å². The number of aliphatic hydroxyl groups is 1. The Balaban J connectivity index is 1.25. The summed E-state index contributed by atoms with van der Waals surface area (Å²) in [6.45, 7) is 5.04. The molecule has 0 radical (unpaired) electrons. The molecule has 3 aliphatic rings. The predicted octanol–water partition coefficient (Wildman–Crippen LogP) is 5.11. The molecule has 1 amide bonds. The Morgan fingerprint density at radius 2 is 1.84 bits per heavy atom. The lowest BCUT2D eigenvalue weighted by molar-refractivity contribution is 0.0192. The second-order valence-electron chi connectivity index (χ2n) is 11.3. The summed E-state index contributed by atoms with van der Waals surface area (Å²) in [6.07, 6.45) is 5.66. The third-order valence-electron chi connectivity index (χ3n) is 9.13. The highest BCUT2D eigenvalue weighted by atomic mass is 16.3. The van der Waals surface area contributed by atoms with Crippen LogP contribution in [-0.2, 0) is 24.9 Å². The summed E-state index contributed by atoms with van der Waals surface area (Å²) in [5.74, 6) is 0.0574. The lowest BCUT2D eigenvalue weighted by Crippen LogP contribution is -2.45. The summed E-state index contributed by atoms with van der Waals surface area (Å²) in [5.41, 5.74) is 4.44. The number of aliphatic hydroxyl groups excluding tert-OH is 1. The van der Waals surface area contributed by atoms with Crippen molar-refractivity contribution in [2.24, 2.45) is 0 Å². The molecule has 6 nitrogen and oxygen atoms in total. The van der Waals surface area contributed by atoms with E-state index in [0.717, 1.165) is 98.0 Å². The highest BCUT2D eigenvalue weighted by Gasteiger charge is 2.40. The van der Waals surface area contributed by atoms with Crippen molar-refractivity contribution in [3.8, 4) is 6.07 Å². The molecule has 6 rings (SSSR count). The number of nitrogens with zero attached hydrogens (tertiary/aromatic N) is 4. The zero-order valence-electron chi connectivity index (χ0n) is 22.2. The molecule has 1 N–H and O–H groups in total. The first-order valence-corrected chi connectivity index (χ1v) is 14.2. The minimum atomic E-state index is -0.543. The van der Waals surface area contributed by atoms with Crippen LogP contribution in [0.1, 0.15) is 78.3 Å². The van der Waals surface area contributed by atoms with Crippen molar-refractivity contribution in [2.45, 2.75) is 82.5 Å². The van der Waals surface area contributed by atoms with E-state index in [2.05, 4.69) is 48.2 Å². The Hall–Kier alpha value is -3.27. The van der Waals surface area contributed by atoms with Crippen LogP contribution in [0.2, 0.25) is 0 Å². The number of carbonyl (C=O) groups is 1. The van der Waals surface area contributed by atoms with Gasteiger partial charge >= 0.3 is 0 Å². The molecule has 196 valence electrons. The van der Waals surface area contributed by atoms with Crippen LogP contribution in [-0.4, -0.2) is 51.0 Å². The number of piperidine rings is 1. The third kappa shape index (κ3) is 4.28. The molecule has 1 aliphatic carbocycles. The second kappa shape index (κ2) is 10.1. The summed E-state index contributed by atoms with van der Waals surface area (Å²) in [7, 11) is 0. The maximum atomic E-state index is 13.6. The van der Waals surface area contributed by atoms with Crippen LogP contribution >= 0.6 is 0 Å². The van der Waals surface area contributed by atoms with Gasteiger partial charge in [-0.1, -0.05) is 50.1 Å². The normalized spacial score (nSPS) is 23.4. The van der Waals surface area contributed by atoms with Crippen LogP contribution < -0.4 is 0 Å². The van der Waals surface area contributed by atoms with Crippen LogP contribution in [0, 0.1) is 11.3 Å². The zero-order valence-corrected chi connectivity index (χ0v) is 22.2. The Morgan fingerprint density at radius 1 is 1.08 bits per heavy atom. The highest BCUT2D eigenvalue weighted by molar-refractivity contribution is 6.05. The van der Waals surface area contributed by atoms with Gasteiger partial charge in [-0.3, -0.25) is 14.7 Å². The second-order valence-corrected chi connectivity index (χ2v) is 11.3. The highest BCUT2D eigenvalue weighted by Crippen LogP contribution is 2.38. The van der Waals surface area contributed by atoms with Crippen LogP contribution in [0.3, 0.4) is 0 Å². The minimum absolute atomic E-state index is 0.0574. The van der Waals surface area contributed by atoms with Crippen molar-refractivity contribution in [1.82, 2.24) is 14.8 Å². The molecule has 2 fully saturated rings. The largest absolute Gasteiger partial charge is 0.391 e. The number of aromatic nitrogens is 1. The molecule has 0 spiro atoms. The van der Waals surface area contributed by atoms with Gasteiger partial charge in [0.1, 0.15) is 5.41 Å². The van der Waals surface area contributed by atoms with Crippen molar-refractivity contribution >= 4 is 16.7 Å². The zero-order chi connectivity index (χ0) is 26.3. The number of aryl methyl sites for hydroxylation is 1. The summed E-state index contributed by atoms with van der Waals surface area (Å²) < 4.78 is 0. The van der Waals surface area contributed by atoms with Gasteiger partial charge in [0.05, 0.1) is 23.9 Å². The van der Waals surface area contributed by atoms with Gasteiger partial charge in [-0.2, -0.15) is 5.26 Å². The van der Waals surface area contributed by atoms with Gasteiger partial charge in [-0.15, -0.1) is 0 Å². The molecule has 38 heavy (non-hydrogen) atoms. The monoisotopic (exact) mass is 508 g/mol. The van der Waals surface area contributed by atoms with E-state index >= 15 is 0 Å². The van der Waals surface area contributed by atoms with E-state index in [1.54, 1.807) is 0 Å². The molecule has 3 aromatic rings. The molecular formula is C32H36N4O2. The van der Waals surface area contributed by atoms with Crippen LogP contribution in [0.25, 0.3) is 10.8 Å². The number of benzene rings is 2. The number of hydrogen-bond donors (Lipinski definition) is 1. The van der Waals surface area contributed by atoms with E-state index in [-0.39, 0.29) is 11.9 Å². The van der Waals surface area contributed by atoms with Crippen molar-refractivity contribution in [1.29, 1.82) is 5.26 Å². The number of carbonyl (C=O) groups excluding carboxylic acids is 1. The number of amides is 1. The lowest BCUT2D eigenvalue weighted by atomic mass is 9.76. The SMILES string of the molecule is CCc1cccc(C2(C#N)CCN(Cc3cc4c(c5ccccc35)CN([C@H]3CCCC[C@@H]3O)C4=O)CC2)n1. The first-order valence-electron chi connectivity index (χ1n) is 14.2. The van der Waals surface area contributed by atoms with E-state index in [1.165, 1.54) is 5.39 Å². The topological polar surface area (TPSA) is 80.5 Å². The Morgan fingerprint density at radius 3 is 2.58 bits per heavy atom. The summed E-state index contributed by atoms with van der Waals surface area (Å²) in [4.78, 5) is 22.8. The van der Waals surface area contributed by atoms with Gasteiger partial charge in [0.25, 0.3) is 5.91 Å². The van der Waals surface area contributed by atoms with Crippen LogP contribution in [0.5, 0.6) is 0 Å². The first kappa shape index (κ1) is 25.0. The first-order chi connectivity index (χ1) is 18.5. The maximum Gasteiger partial charge on any atom is 0.254 e. The summed E-state index contributed by atoms with van der Waals surface area (Å²) in [5, 5.41) is 23.2. The number of likely N-dealkylation sites (tertiary alicyclic amines) is 1. The summed E-state index contributed by atoms with van der Waals surface area (Å²) in [6, 6.07) is 19.1. The lowest BCUT2D eigenvalue weighted by Gasteiger charge is -2.37. The fourth-order valence-electron chi connectivity index (χ4n) is 6.82. The third-order valence-corrected chi connectivity index (χ3v) is 9.13. The van der Waals surface area contributed by atoms with Crippen molar-refractivity contribution < 1.29 is 9.90 Å². The quantitative estimate of drug-likeness (QED) is 0.518. The Kier molecular flexibility index (Phi) is 6.67. The molecule has 6 heteroatoms. The molecule has 1 aromatic heterocycles. The van der Waals surface area contributed by atoms with E-state index in [0.29, 0.717) is 6.54 Å². The van der Waals surface area contributed by atoms with Crippen LogP contribution in [0.15, 0.2) is 48.5 Å². The predicted molar refractivity (Wildman–Crippen MR) is 148 cm³/mol. The van der Waals surface area contributed by atoms with Gasteiger partial charge in [0, 0.05) is 37.4 Å². The molecule has 1 saturated carbocycles. The Labute approximate surface area is 224 Å². The molecule has 1 saturated heterocycles. The number of pyridine rings is 1. The Bertz CT molecular complexity index is 1400. The number of hydrogen-bond acceptors (Lipinski definition) is 5. The van der Waals surface area contributed by atoms with Gasteiger partial charge in [-0.05, 0) is 72.2 Å². The molecule has 3 heterocycles. The minimum Gasteiger partial charge on any atom is -0.391 e.